The van der Waals surface area contributed by atoms with Gasteiger partial charge in [0, 0.05) is 12.1 Å². The SMILES string of the molecule is O=C1C2C3CCC(C3)C2C(=O)N1c1cccc([N+](=O)[O-])c1. The molecular formula is C15H14N2O4. The summed E-state index contributed by atoms with van der Waals surface area (Å²) in [5.41, 5.74) is 0.223. The third-order valence-electron chi connectivity index (χ3n) is 5.23. The van der Waals surface area contributed by atoms with Gasteiger partial charge in [-0.15, -0.1) is 0 Å². The third kappa shape index (κ3) is 1.58. The van der Waals surface area contributed by atoms with E-state index in [1.807, 2.05) is 0 Å². The molecule has 2 amide bonds. The molecule has 4 unspecified atom stereocenters. The van der Waals surface area contributed by atoms with Crippen LogP contribution in [0.3, 0.4) is 0 Å². The number of rotatable bonds is 2. The molecular weight excluding hydrogens is 272 g/mol. The van der Waals surface area contributed by atoms with Crippen molar-refractivity contribution in [2.75, 3.05) is 4.90 Å². The average molecular weight is 286 g/mol. The maximum absolute atomic E-state index is 12.6. The van der Waals surface area contributed by atoms with E-state index in [4.69, 9.17) is 0 Å². The van der Waals surface area contributed by atoms with Crippen molar-refractivity contribution < 1.29 is 14.5 Å². The maximum Gasteiger partial charge on any atom is 0.271 e. The zero-order valence-electron chi connectivity index (χ0n) is 11.3. The molecule has 1 saturated heterocycles. The summed E-state index contributed by atoms with van der Waals surface area (Å²) in [6.07, 6.45) is 3.02. The topological polar surface area (TPSA) is 80.5 Å². The average Bonchev–Trinajstić information content (AvgIpc) is 3.13. The third-order valence-corrected chi connectivity index (χ3v) is 5.23. The van der Waals surface area contributed by atoms with E-state index in [1.54, 1.807) is 6.07 Å². The van der Waals surface area contributed by atoms with E-state index >= 15 is 0 Å². The number of nitrogens with zero attached hydrogens (tertiary/aromatic N) is 2. The van der Waals surface area contributed by atoms with E-state index in [2.05, 4.69) is 0 Å². The molecule has 108 valence electrons. The Labute approximate surface area is 120 Å². The van der Waals surface area contributed by atoms with Gasteiger partial charge >= 0.3 is 0 Å². The monoisotopic (exact) mass is 286 g/mol. The molecule has 2 saturated carbocycles. The molecule has 1 aromatic rings. The molecule has 3 aliphatic rings. The summed E-state index contributed by atoms with van der Waals surface area (Å²) in [7, 11) is 0. The molecule has 0 aromatic heterocycles. The van der Waals surface area contributed by atoms with E-state index in [0.717, 1.165) is 19.3 Å². The molecule has 6 heteroatoms. The van der Waals surface area contributed by atoms with Crippen LogP contribution in [0.1, 0.15) is 19.3 Å². The van der Waals surface area contributed by atoms with Crippen molar-refractivity contribution in [1.29, 1.82) is 0 Å². The number of carbonyl (C=O) groups excluding carboxylic acids is 2. The van der Waals surface area contributed by atoms with E-state index < -0.39 is 4.92 Å². The molecule has 1 aliphatic heterocycles. The summed E-state index contributed by atoms with van der Waals surface area (Å²) in [4.78, 5) is 36.7. The highest BCUT2D eigenvalue weighted by atomic mass is 16.6. The number of non-ortho nitro benzene ring substituents is 1. The predicted molar refractivity (Wildman–Crippen MR) is 73.4 cm³/mol. The fraction of sp³-hybridized carbons (Fsp3) is 0.467. The Morgan fingerprint density at radius 2 is 1.71 bits per heavy atom. The van der Waals surface area contributed by atoms with Crippen molar-refractivity contribution in [1.82, 2.24) is 0 Å². The van der Waals surface area contributed by atoms with Crippen molar-refractivity contribution in [3.05, 3.63) is 34.4 Å². The molecule has 0 radical (unpaired) electrons. The minimum atomic E-state index is -0.515. The fourth-order valence-electron chi connectivity index (χ4n) is 4.41. The van der Waals surface area contributed by atoms with Crippen molar-refractivity contribution in [2.24, 2.45) is 23.7 Å². The van der Waals surface area contributed by atoms with Gasteiger partial charge in [-0.1, -0.05) is 6.07 Å². The number of anilines is 1. The molecule has 2 bridgehead atoms. The van der Waals surface area contributed by atoms with Crippen molar-refractivity contribution in [2.45, 2.75) is 19.3 Å². The van der Waals surface area contributed by atoms with Crippen LogP contribution in [0, 0.1) is 33.8 Å². The Morgan fingerprint density at radius 1 is 1.10 bits per heavy atom. The van der Waals surface area contributed by atoms with Gasteiger partial charge in [0.25, 0.3) is 5.69 Å². The summed E-state index contributed by atoms with van der Waals surface area (Å²) in [6, 6.07) is 5.76. The van der Waals surface area contributed by atoms with Gasteiger partial charge in [-0.3, -0.25) is 19.7 Å². The summed E-state index contributed by atoms with van der Waals surface area (Å²) >= 11 is 0. The number of hydrogen-bond donors (Lipinski definition) is 0. The smallest absolute Gasteiger partial charge is 0.271 e. The lowest BCUT2D eigenvalue weighted by atomic mass is 9.81. The van der Waals surface area contributed by atoms with Crippen LogP contribution >= 0.6 is 0 Å². The second-order valence-electron chi connectivity index (χ2n) is 6.17. The molecule has 2 aliphatic carbocycles. The lowest BCUT2D eigenvalue weighted by Crippen LogP contribution is -2.32. The fourth-order valence-corrected chi connectivity index (χ4v) is 4.41. The number of amides is 2. The van der Waals surface area contributed by atoms with Crippen LogP contribution in [0.4, 0.5) is 11.4 Å². The lowest BCUT2D eigenvalue weighted by molar-refractivity contribution is -0.384. The standard InChI is InChI=1S/C15H14N2O4/c18-14-12-8-4-5-9(6-8)13(12)15(19)16(14)10-2-1-3-11(7-10)17(20)21/h1-3,7-9,12-13H,4-6H2. The maximum atomic E-state index is 12.6. The number of fused-ring (bicyclic) bond motifs is 5. The number of benzene rings is 1. The predicted octanol–water partition coefficient (Wildman–Crippen LogP) is 2.13. The van der Waals surface area contributed by atoms with Gasteiger partial charge in [0.15, 0.2) is 0 Å². The zero-order chi connectivity index (χ0) is 14.7. The molecule has 4 rings (SSSR count). The van der Waals surface area contributed by atoms with Crippen LogP contribution in [0.25, 0.3) is 0 Å². The minimum Gasteiger partial charge on any atom is -0.274 e. The van der Waals surface area contributed by atoms with Gasteiger partial charge in [0.2, 0.25) is 11.8 Å². The van der Waals surface area contributed by atoms with Gasteiger partial charge < -0.3 is 0 Å². The number of hydrogen-bond acceptors (Lipinski definition) is 4. The highest BCUT2D eigenvalue weighted by Crippen LogP contribution is 2.56. The van der Waals surface area contributed by atoms with Gasteiger partial charge in [-0.2, -0.15) is 0 Å². The van der Waals surface area contributed by atoms with E-state index in [1.165, 1.54) is 23.1 Å². The zero-order valence-corrected chi connectivity index (χ0v) is 11.3. The first-order chi connectivity index (χ1) is 10.1. The molecule has 4 atom stereocenters. The summed E-state index contributed by atoms with van der Waals surface area (Å²) in [5, 5.41) is 10.9. The second-order valence-corrected chi connectivity index (χ2v) is 6.17. The quantitative estimate of drug-likeness (QED) is 0.474. The highest BCUT2D eigenvalue weighted by Gasteiger charge is 2.61. The Kier molecular flexibility index (Phi) is 2.46. The number of imide groups is 1. The van der Waals surface area contributed by atoms with Gasteiger partial charge in [-0.25, -0.2) is 4.90 Å². The van der Waals surface area contributed by atoms with Crippen molar-refractivity contribution >= 4 is 23.2 Å². The first-order valence-corrected chi connectivity index (χ1v) is 7.20. The minimum absolute atomic E-state index is 0.104. The highest BCUT2D eigenvalue weighted by molar-refractivity contribution is 6.22. The molecule has 1 aromatic carbocycles. The Morgan fingerprint density at radius 3 is 2.29 bits per heavy atom. The molecule has 3 fully saturated rings. The number of nitro groups is 1. The van der Waals surface area contributed by atoms with Crippen LogP contribution in [0.2, 0.25) is 0 Å². The number of nitro benzene ring substituents is 1. The Hall–Kier alpha value is -2.24. The van der Waals surface area contributed by atoms with Crippen LogP contribution in [-0.2, 0) is 9.59 Å². The molecule has 1 heterocycles. The molecule has 0 spiro atoms. The van der Waals surface area contributed by atoms with Crippen molar-refractivity contribution in [3.63, 3.8) is 0 Å². The first kappa shape index (κ1) is 12.5. The Balaban J connectivity index is 1.73. The molecule has 6 nitrogen and oxygen atoms in total. The summed E-state index contributed by atoms with van der Waals surface area (Å²) in [6.45, 7) is 0. The van der Waals surface area contributed by atoms with Crippen LogP contribution < -0.4 is 4.90 Å². The van der Waals surface area contributed by atoms with E-state index in [0.29, 0.717) is 17.5 Å². The van der Waals surface area contributed by atoms with E-state index in [-0.39, 0.29) is 29.3 Å². The Bertz CT molecular complexity index is 643. The second kappa shape index (κ2) is 4.13. The van der Waals surface area contributed by atoms with Gasteiger partial charge in [0.05, 0.1) is 22.4 Å². The van der Waals surface area contributed by atoms with Gasteiger partial charge in [0.1, 0.15) is 0 Å². The summed E-state index contributed by atoms with van der Waals surface area (Å²) in [5.74, 6) is -0.0956. The molecule has 21 heavy (non-hydrogen) atoms. The van der Waals surface area contributed by atoms with Gasteiger partial charge in [-0.05, 0) is 37.2 Å². The first-order valence-electron chi connectivity index (χ1n) is 7.20. The largest absolute Gasteiger partial charge is 0.274 e. The van der Waals surface area contributed by atoms with E-state index in [9.17, 15) is 19.7 Å². The lowest BCUT2D eigenvalue weighted by Gasteiger charge is -2.19. The van der Waals surface area contributed by atoms with Crippen molar-refractivity contribution in [3.8, 4) is 0 Å². The van der Waals surface area contributed by atoms with Crippen LogP contribution in [-0.4, -0.2) is 16.7 Å². The van der Waals surface area contributed by atoms with Crippen LogP contribution in [0.5, 0.6) is 0 Å². The molecule has 0 N–H and O–H groups in total. The normalized spacial score (nSPS) is 33.6. The van der Waals surface area contributed by atoms with Crippen LogP contribution in [0.15, 0.2) is 24.3 Å². The summed E-state index contributed by atoms with van der Waals surface area (Å²) < 4.78 is 0. The number of carbonyl (C=O) groups is 2.